The summed E-state index contributed by atoms with van der Waals surface area (Å²) in [5, 5.41) is 14.4. The Balaban J connectivity index is 1.95. The first-order valence-corrected chi connectivity index (χ1v) is 7.59. The predicted octanol–water partition coefficient (Wildman–Crippen LogP) is 2.88. The van der Waals surface area contributed by atoms with Crippen LogP contribution in [0.2, 0.25) is 0 Å². The molecule has 0 aliphatic heterocycles. The number of hydrogen-bond donors (Lipinski definition) is 1. The van der Waals surface area contributed by atoms with Gasteiger partial charge >= 0.3 is 0 Å². The molecule has 0 saturated carbocycles. The first kappa shape index (κ1) is 16.1. The van der Waals surface area contributed by atoms with Crippen molar-refractivity contribution in [3.63, 3.8) is 0 Å². The third-order valence-corrected chi connectivity index (χ3v) is 4.02. The minimum absolute atomic E-state index is 0.140. The molecule has 6 nitrogen and oxygen atoms in total. The molecule has 0 spiro atoms. The molecule has 0 aliphatic carbocycles. The quantitative estimate of drug-likeness (QED) is 0.777. The van der Waals surface area contributed by atoms with Gasteiger partial charge in [-0.15, -0.1) is 0 Å². The van der Waals surface area contributed by atoms with Crippen molar-refractivity contribution >= 4 is 0 Å². The van der Waals surface area contributed by atoms with E-state index in [1.807, 2.05) is 38.1 Å². The summed E-state index contributed by atoms with van der Waals surface area (Å²) in [5.74, 6) is 1.37. The summed E-state index contributed by atoms with van der Waals surface area (Å²) in [7, 11) is 1.63. The first-order valence-electron chi connectivity index (χ1n) is 7.59. The van der Waals surface area contributed by atoms with E-state index in [0.29, 0.717) is 11.4 Å². The van der Waals surface area contributed by atoms with Crippen LogP contribution >= 0.6 is 0 Å². The van der Waals surface area contributed by atoms with Crippen molar-refractivity contribution < 1.29 is 14.4 Å². The van der Waals surface area contributed by atoms with Crippen LogP contribution < -0.4 is 4.74 Å². The predicted molar refractivity (Wildman–Crippen MR) is 87.7 cm³/mol. The Morgan fingerprint density at radius 1 is 1.17 bits per heavy atom. The van der Waals surface area contributed by atoms with Crippen molar-refractivity contribution in [2.75, 3.05) is 7.11 Å². The lowest BCUT2D eigenvalue weighted by Gasteiger charge is -2.23. The second-order valence-electron chi connectivity index (χ2n) is 5.97. The van der Waals surface area contributed by atoms with E-state index in [1.165, 1.54) is 0 Å². The van der Waals surface area contributed by atoms with Crippen LogP contribution in [0.25, 0.3) is 0 Å². The smallest absolute Gasteiger partial charge is 0.260 e. The summed E-state index contributed by atoms with van der Waals surface area (Å²) in [5.41, 5.74) is 1.00. The van der Waals surface area contributed by atoms with Crippen molar-refractivity contribution in [2.45, 2.75) is 25.4 Å². The fourth-order valence-electron chi connectivity index (χ4n) is 2.56. The van der Waals surface area contributed by atoms with Gasteiger partial charge in [0, 0.05) is 23.5 Å². The largest absolute Gasteiger partial charge is 0.496 e. The fourth-order valence-corrected chi connectivity index (χ4v) is 2.56. The van der Waals surface area contributed by atoms with Crippen LogP contribution in [0.5, 0.6) is 5.75 Å². The molecular weight excluding hydrogens is 306 g/mol. The van der Waals surface area contributed by atoms with Gasteiger partial charge in [-0.2, -0.15) is 4.98 Å². The molecule has 1 unspecified atom stereocenters. The molecule has 0 radical (unpaired) electrons. The second-order valence-corrected chi connectivity index (χ2v) is 5.97. The number of aliphatic hydroxyl groups is 1. The van der Waals surface area contributed by atoms with Crippen molar-refractivity contribution in [1.82, 2.24) is 15.1 Å². The van der Waals surface area contributed by atoms with Crippen molar-refractivity contribution in [3.05, 3.63) is 71.6 Å². The standard InChI is InChI=1S/C18H19N3O3/c1-18(2,13-8-4-5-9-14(13)23-3)17-20-16(24-21-17)15(22)12-7-6-10-19-11-12/h4-11,15,22H,1-3H3. The van der Waals surface area contributed by atoms with Gasteiger partial charge in [-0.3, -0.25) is 4.98 Å². The number of nitrogens with zero attached hydrogens (tertiary/aromatic N) is 3. The summed E-state index contributed by atoms with van der Waals surface area (Å²) in [6.07, 6.45) is 2.20. The van der Waals surface area contributed by atoms with Gasteiger partial charge < -0.3 is 14.4 Å². The number of rotatable bonds is 5. The average molecular weight is 325 g/mol. The van der Waals surface area contributed by atoms with Crippen LogP contribution in [0, 0.1) is 0 Å². The Morgan fingerprint density at radius 2 is 1.96 bits per heavy atom. The highest BCUT2D eigenvalue weighted by Gasteiger charge is 2.32. The molecule has 1 N–H and O–H groups in total. The number of pyridine rings is 1. The van der Waals surface area contributed by atoms with Gasteiger partial charge in [0.25, 0.3) is 5.89 Å². The topological polar surface area (TPSA) is 81.3 Å². The van der Waals surface area contributed by atoms with E-state index in [-0.39, 0.29) is 5.89 Å². The van der Waals surface area contributed by atoms with E-state index in [9.17, 15) is 5.11 Å². The Labute approximate surface area is 140 Å². The van der Waals surface area contributed by atoms with E-state index in [2.05, 4.69) is 15.1 Å². The molecule has 2 aromatic heterocycles. The van der Waals surface area contributed by atoms with E-state index in [1.54, 1.807) is 31.6 Å². The summed E-state index contributed by atoms with van der Waals surface area (Å²) in [6.45, 7) is 3.96. The molecule has 0 bridgehead atoms. The lowest BCUT2D eigenvalue weighted by molar-refractivity contribution is 0.169. The third-order valence-electron chi connectivity index (χ3n) is 4.02. The highest BCUT2D eigenvalue weighted by atomic mass is 16.5. The monoisotopic (exact) mass is 325 g/mol. The van der Waals surface area contributed by atoms with Gasteiger partial charge in [-0.05, 0) is 26.0 Å². The summed E-state index contributed by atoms with van der Waals surface area (Å²) < 4.78 is 10.7. The number of hydrogen-bond acceptors (Lipinski definition) is 6. The number of aliphatic hydroxyl groups excluding tert-OH is 1. The molecule has 3 aromatic rings. The number of aromatic nitrogens is 3. The maximum absolute atomic E-state index is 10.4. The molecule has 2 heterocycles. The molecule has 124 valence electrons. The zero-order valence-corrected chi connectivity index (χ0v) is 13.8. The van der Waals surface area contributed by atoms with E-state index >= 15 is 0 Å². The van der Waals surface area contributed by atoms with Crippen LogP contribution in [0.15, 0.2) is 53.3 Å². The fraction of sp³-hybridized carbons (Fsp3) is 0.278. The zero-order valence-electron chi connectivity index (χ0n) is 13.8. The average Bonchev–Trinajstić information content (AvgIpc) is 3.12. The number of ether oxygens (including phenoxy) is 1. The lowest BCUT2D eigenvalue weighted by atomic mass is 9.83. The van der Waals surface area contributed by atoms with Gasteiger partial charge in [0.05, 0.1) is 12.5 Å². The van der Waals surface area contributed by atoms with Gasteiger partial charge in [0.15, 0.2) is 11.9 Å². The molecule has 1 aromatic carbocycles. The lowest BCUT2D eigenvalue weighted by Crippen LogP contribution is -2.22. The van der Waals surface area contributed by atoms with Crippen molar-refractivity contribution in [2.24, 2.45) is 0 Å². The Morgan fingerprint density at radius 3 is 2.67 bits per heavy atom. The van der Waals surface area contributed by atoms with Gasteiger partial charge in [0.2, 0.25) is 0 Å². The molecule has 0 saturated heterocycles. The summed E-state index contributed by atoms with van der Waals surface area (Å²) in [4.78, 5) is 8.39. The van der Waals surface area contributed by atoms with E-state index in [4.69, 9.17) is 9.26 Å². The molecule has 0 fully saturated rings. The zero-order chi connectivity index (χ0) is 17.2. The van der Waals surface area contributed by atoms with Crippen LogP contribution in [-0.2, 0) is 5.41 Å². The molecule has 1 atom stereocenters. The number of methoxy groups -OCH3 is 1. The second kappa shape index (κ2) is 6.41. The van der Waals surface area contributed by atoms with Crippen LogP contribution in [0.4, 0.5) is 0 Å². The first-order chi connectivity index (χ1) is 11.5. The van der Waals surface area contributed by atoms with Gasteiger partial charge in [0.1, 0.15) is 5.75 Å². The van der Waals surface area contributed by atoms with Crippen LogP contribution in [-0.4, -0.2) is 27.3 Å². The molecule has 24 heavy (non-hydrogen) atoms. The summed E-state index contributed by atoms with van der Waals surface area (Å²) >= 11 is 0. The van der Waals surface area contributed by atoms with E-state index < -0.39 is 11.5 Å². The highest BCUT2D eigenvalue weighted by molar-refractivity contribution is 5.42. The minimum Gasteiger partial charge on any atom is -0.496 e. The Kier molecular flexibility index (Phi) is 4.31. The maximum atomic E-state index is 10.4. The van der Waals surface area contributed by atoms with Crippen molar-refractivity contribution in [3.8, 4) is 5.75 Å². The molecule has 3 rings (SSSR count). The molecule has 0 amide bonds. The number of benzene rings is 1. The molecular formula is C18H19N3O3. The Bertz CT molecular complexity index is 815. The van der Waals surface area contributed by atoms with Gasteiger partial charge in [-0.25, -0.2) is 0 Å². The normalized spacial score (nSPS) is 12.8. The summed E-state index contributed by atoms with van der Waals surface area (Å²) in [6, 6.07) is 11.2. The Hall–Kier alpha value is -2.73. The van der Waals surface area contributed by atoms with Crippen LogP contribution in [0.3, 0.4) is 0 Å². The SMILES string of the molecule is COc1ccccc1C(C)(C)c1noc(C(O)c2cccnc2)n1. The van der Waals surface area contributed by atoms with Crippen LogP contribution in [0.1, 0.15) is 42.8 Å². The molecule has 0 aliphatic rings. The van der Waals surface area contributed by atoms with E-state index in [0.717, 1.165) is 11.3 Å². The maximum Gasteiger partial charge on any atom is 0.260 e. The van der Waals surface area contributed by atoms with Gasteiger partial charge in [-0.1, -0.05) is 29.4 Å². The van der Waals surface area contributed by atoms with Crippen molar-refractivity contribution in [1.29, 1.82) is 0 Å². The molecule has 6 heteroatoms. The third kappa shape index (κ3) is 2.88. The highest BCUT2D eigenvalue weighted by Crippen LogP contribution is 2.36. The number of para-hydroxylation sites is 1. The minimum atomic E-state index is -1.01.